The van der Waals surface area contributed by atoms with Gasteiger partial charge in [0.2, 0.25) is 0 Å². The molecule has 10 heavy (non-hydrogen) atoms. The summed E-state index contributed by atoms with van der Waals surface area (Å²) in [5.41, 5.74) is 0.935. The highest BCUT2D eigenvalue weighted by molar-refractivity contribution is 5.26. The van der Waals surface area contributed by atoms with E-state index in [1.54, 1.807) is 0 Å². The molecule has 1 rings (SSSR count). The summed E-state index contributed by atoms with van der Waals surface area (Å²) in [7, 11) is 3.89. The first-order valence-electron chi connectivity index (χ1n) is 3.52. The maximum atomic E-state index is 8.64. The third kappa shape index (κ3) is 1.77. The highest BCUT2D eigenvalue weighted by atomic mass is 15.0. The minimum absolute atomic E-state index is 0.576. The molecule has 0 aromatic heterocycles. The van der Waals surface area contributed by atoms with Crippen molar-refractivity contribution < 1.29 is 0 Å². The SMILES string of the molecule is CN(C)/C=C(\C#N)C1CC1. The minimum atomic E-state index is 0.576. The van der Waals surface area contributed by atoms with E-state index in [1.165, 1.54) is 12.8 Å². The Morgan fingerprint density at radius 2 is 2.20 bits per heavy atom. The molecule has 0 amide bonds. The van der Waals surface area contributed by atoms with Gasteiger partial charge in [0.25, 0.3) is 0 Å². The van der Waals surface area contributed by atoms with Crippen molar-refractivity contribution in [2.24, 2.45) is 5.92 Å². The van der Waals surface area contributed by atoms with E-state index in [9.17, 15) is 0 Å². The monoisotopic (exact) mass is 136 g/mol. The number of nitriles is 1. The van der Waals surface area contributed by atoms with Crippen LogP contribution in [0.2, 0.25) is 0 Å². The van der Waals surface area contributed by atoms with Gasteiger partial charge >= 0.3 is 0 Å². The Balaban J connectivity index is 2.56. The van der Waals surface area contributed by atoms with E-state index in [4.69, 9.17) is 5.26 Å². The summed E-state index contributed by atoms with van der Waals surface area (Å²) in [5, 5.41) is 8.64. The lowest BCUT2D eigenvalue weighted by Gasteiger charge is -2.04. The second-order valence-electron chi connectivity index (χ2n) is 2.93. The van der Waals surface area contributed by atoms with Gasteiger partial charge in [-0.15, -0.1) is 0 Å². The van der Waals surface area contributed by atoms with E-state index in [0.717, 1.165) is 5.57 Å². The molecule has 0 N–H and O–H groups in total. The van der Waals surface area contributed by atoms with Crippen LogP contribution in [0.25, 0.3) is 0 Å². The summed E-state index contributed by atoms with van der Waals surface area (Å²) in [6.07, 6.45) is 4.32. The molecule has 0 unspecified atom stereocenters. The van der Waals surface area contributed by atoms with Crippen molar-refractivity contribution in [1.82, 2.24) is 4.90 Å². The maximum Gasteiger partial charge on any atom is 0.0965 e. The maximum absolute atomic E-state index is 8.64. The molecule has 54 valence electrons. The molecule has 1 aliphatic carbocycles. The first kappa shape index (κ1) is 7.14. The Kier molecular flexibility index (Phi) is 1.96. The van der Waals surface area contributed by atoms with Crippen molar-refractivity contribution in [3.63, 3.8) is 0 Å². The van der Waals surface area contributed by atoms with Crippen molar-refractivity contribution >= 4 is 0 Å². The van der Waals surface area contributed by atoms with Gasteiger partial charge in [-0.1, -0.05) is 0 Å². The molecular formula is C8H12N2. The van der Waals surface area contributed by atoms with E-state index in [-0.39, 0.29) is 0 Å². The lowest BCUT2D eigenvalue weighted by Crippen LogP contribution is -2.02. The summed E-state index contributed by atoms with van der Waals surface area (Å²) < 4.78 is 0. The Morgan fingerprint density at radius 3 is 2.50 bits per heavy atom. The topological polar surface area (TPSA) is 27.0 Å². The standard InChI is InChI=1S/C8H12N2/c1-10(2)6-8(5-9)7-3-4-7/h6-7H,3-4H2,1-2H3/b8-6+. The number of hydrogen-bond acceptors (Lipinski definition) is 2. The molecule has 0 aromatic carbocycles. The van der Waals surface area contributed by atoms with Gasteiger partial charge < -0.3 is 4.90 Å². The first-order valence-corrected chi connectivity index (χ1v) is 3.52. The molecule has 1 aliphatic rings. The second-order valence-corrected chi connectivity index (χ2v) is 2.93. The lowest BCUT2D eigenvalue weighted by atomic mass is 10.2. The molecule has 0 saturated heterocycles. The van der Waals surface area contributed by atoms with E-state index < -0.39 is 0 Å². The third-order valence-electron chi connectivity index (χ3n) is 1.54. The van der Waals surface area contributed by atoms with Crippen LogP contribution in [0.5, 0.6) is 0 Å². The zero-order valence-electron chi connectivity index (χ0n) is 6.46. The summed E-state index contributed by atoms with van der Waals surface area (Å²) >= 11 is 0. The highest BCUT2D eigenvalue weighted by Gasteiger charge is 2.25. The van der Waals surface area contributed by atoms with Gasteiger partial charge in [-0.2, -0.15) is 5.26 Å². The van der Waals surface area contributed by atoms with Crippen molar-refractivity contribution in [1.29, 1.82) is 5.26 Å². The van der Waals surface area contributed by atoms with E-state index in [2.05, 4.69) is 6.07 Å². The summed E-state index contributed by atoms with van der Waals surface area (Å²) in [4.78, 5) is 1.93. The molecular weight excluding hydrogens is 124 g/mol. The number of hydrogen-bond donors (Lipinski definition) is 0. The van der Waals surface area contributed by atoms with Crippen LogP contribution in [0.15, 0.2) is 11.8 Å². The van der Waals surface area contributed by atoms with Crippen molar-refractivity contribution in [2.75, 3.05) is 14.1 Å². The molecule has 1 fully saturated rings. The van der Waals surface area contributed by atoms with Crippen LogP contribution in [-0.2, 0) is 0 Å². The Morgan fingerprint density at radius 1 is 1.60 bits per heavy atom. The largest absolute Gasteiger partial charge is 0.383 e. The molecule has 0 radical (unpaired) electrons. The molecule has 2 nitrogen and oxygen atoms in total. The smallest absolute Gasteiger partial charge is 0.0965 e. The lowest BCUT2D eigenvalue weighted by molar-refractivity contribution is 0.556. The summed E-state index contributed by atoms with van der Waals surface area (Å²) in [6, 6.07) is 2.21. The van der Waals surface area contributed by atoms with Crippen LogP contribution in [0, 0.1) is 17.2 Å². The molecule has 0 aromatic rings. The van der Waals surface area contributed by atoms with Gasteiger partial charge in [-0.25, -0.2) is 0 Å². The highest BCUT2D eigenvalue weighted by Crippen LogP contribution is 2.35. The normalized spacial score (nSPS) is 18.3. The fourth-order valence-corrected chi connectivity index (χ4v) is 0.898. The predicted molar refractivity (Wildman–Crippen MR) is 40.1 cm³/mol. The number of allylic oxidation sites excluding steroid dienone is 1. The summed E-state index contributed by atoms with van der Waals surface area (Å²) in [5.74, 6) is 0.576. The molecule has 0 bridgehead atoms. The van der Waals surface area contributed by atoms with Crippen LogP contribution in [0.3, 0.4) is 0 Å². The van der Waals surface area contributed by atoms with Crippen molar-refractivity contribution in [3.05, 3.63) is 11.8 Å². The second kappa shape index (κ2) is 2.74. The van der Waals surface area contributed by atoms with E-state index in [0.29, 0.717) is 5.92 Å². The van der Waals surface area contributed by atoms with Gasteiger partial charge in [0.05, 0.1) is 6.07 Å². The predicted octanol–water partition coefficient (Wildman–Crippen LogP) is 1.37. The Labute approximate surface area is 61.8 Å². The zero-order chi connectivity index (χ0) is 7.56. The van der Waals surface area contributed by atoms with E-state index in [1.807, 2.05) is 25.2 Å². The Hall–Kier alpha value is -0.970. The molecule has 0 aliphatic heterocycles. The molecule has 0 spiro atoms. The molecule has 2 heteroatoms. The summed E-state index contributed by atoms with van der Waals surface area (Å²) in [6.45, 7) is 0. The van der Waals surface area contributed by atoms with E-state index >= 15 is 0 Å². The quantitative estimate of drug-likeness (QED) is 0.536. The minimum Gasteiger partial charge on any atom is -0.383 e. The van der Waals surface area contributed by atoms with Gasteiger partial charge in [-0.3, -0.25) is 0 Å². The van der Waals surface area contributed by atoms with Crippen molar-refractivity contribution in [2.45, 2.75) is 12.8 Å². The van der Waals surface area contributed by atoms with Crippen LogP contribution in [-0.4, -0.2) is 19.0 Å². The van der Waals surface area contributed by atoms with Crippen LogP contribution in [0.4, 0.5) is 0 Å². The van der Waals surface area contributed by atoms with Crippen LogP contribution >= 0.6 is 0 Å². The van der Waals surface area contributed by atoms with Crippen LogP contribution < -0.4 is 0 Å². The van der Waals surface area contributed by atoms with Crippen LogP contribution in [0.1, 0.15) is 12.8 Å². The molecule has 0 heterocycles. The van der Waals surface area contributed by atoms with Gasteiger partial charge in [0.15, 0.2) is 0 Å². The zero-order valence-corrected chi connectivity index (χ0v) is 6.46. The number of nitrogens with zero attached hydrogens (tertiary/aromatic N) is 2. The fourth-order valence-electron chi connectivity index (χ4n) is 0.898. The fraction of sp³-hybridized carbons (Fsp3) is 0.625. The first-order chi connectivity index (χ1) is 4.74. The average Bonchev–Trinajstić information content (AvgIpc) is 2.63. The van der Waals surface area contributed by atoms with Crippen molar-refractivity contribution in [3.8, 4) is 6.07 Å². The Bertz CT molecular complexity index is 182. The van der Waals surface area contributed by atoms with Gasteiger partial charge in [0.1, 0.15) is 0 Å². The average molecular weight is 136 g/mol. The third-order valence-corrected chi connectivity index (χ3v) is 1.54. The molecule has 0 atom stereocenters. The van der Waals surface area contributed by atoms with Gasteiger partial charge in [-0.05, 0) is 18.8 Å². The number of rotatable bonds is 2. The van der Waals surface area contributed by atoms with Gasteiger partial charge in [0, 0.05) is 25.9 Å². The molecule has 1 saturated carbocycles.